The summed E-state index contributed by atoms with van der Waals surface area (Å²) in [5.41, 5.74) is 2.10. The van der Waals surface area contributed by atoms with Crippen LogP contribution in [0.1, 0.15) is 46.6 Å². The van der Waals surface area contributed by atoms with Crippen LogP contribution in [0.2, 0.25) is 0 Å². The number of nitrogens with one attached hydrogen (secondary N) is 1. The molecular weight excluding hydrogens is 338 g/mol. The van der Waals surface area contributed by atoms with Crippen molar-refractivity contribution in [2.75, 3.05) is 0 Å². The minimum Gasteiger partial charge on any atom is -0.461 e. The molecule has 0 unspecified atom stereocenters. The van der Waals surface area contributed by atoms with E-state index in [9.17, 15) is 0 Å². The van der Waals surface area contributed by atoms with Gasteiger partial charge in [-0.05, 0) is 49.4 Å². The fourth-order valence-corrected chi connectivity index (χ4v) is 2.33. The van der Waals surface area contributed by atoms with Crippen molar-refractivity contribution in [2.45, 2.75) is 41.0 Å². The van der Waals surface area contributed by atoms with Gasteiger partial charge in [-0.2, -0.15) is 0 Å². The Morgan fingerprint density at radius 2 is 2.05 bits per heavy atom. The Morgan fingerprint density at radius 3 is 2.59 bits per heavy atom. The Hall–Kier alpha value is -1.48. The van der Waals surface area contributed by atoms with E-state index in [1.807, 2.05) is 25.3 Å². The molecule has 0 fully saturated rings. The van der Waals surface area contributed by atoms with Gasteiger partial charge < -0.3 is 10.1 Å². The standard InChI is InChI=1S/C19H26BrNO/c1-7-9-18(19(4,5)6)22-17-11-10-15(20)12-16(17)14(3)13-21-8-2/h8-13,21H,2,7H2,1,3-6H3/b14-13+,18-9-. The molecule has 1 rings (SSSR count). The van der Waals surface area contributed by atoms with Gasteiger partial charge in [0.05, 0.1) is 0 Å². The number of ether oxygens (including phenoxy) is 1. The van der Waals surface area contributed by atoms with Gasteiger partial charge in [0.2, 0.25) is 0 Å². The number of halogens is 1. The summed E-state index contributed by atoms with van der Waals surface area (Å²) < 4.78 is 7.28. The number of hydrogen-bond donors (Lipinski definition) is 1. The van der Waals surface area contributed by atoms with Crippen LogP contribution in [0.25, 0.3) is 5.57 Å². The second-order valence-electron chi connectivity index (χ2n) is 6.17. The van der Waals surface area contributed by atoms with Gasteiger partial charge in [0.1, 0.15) is 11.5 Å². The third kappa shape index (κ3) is 5.38. The lowest BCUT2D eigenvalue weighted by atomic mass is 9.93. The second-order valence-corrected chi connectivity index (χ2v) is 7.08. The van der Waals surface area contributed by atoms with Gasteiger partial charge in [-0.25, -0.2) is 0 Å². The maximum Gasteiger partial charge on any atom is 0.134 e. The topological polar surface area (TPSA) is 21.3 Å². The molecule has 0 atom stereocenters. The van der Waals surface area contributed by atoms with Crippen molar-refractivity contribution < 1.29 is 4.74 Å². The van der Waals surface area contributed by atoms with Crippen LogP contribution >= 0.6 is 15.9 Å². The first kappa shape index (κ1) is 18.6. The lowest BCUT2D eigenvalue weighted by Crippen LogP contribution is -2.15. The summed E-state index contributed by atoms with van der Waals surface area (Å²) in [5, 5.41) is 3.02. The van der Waals surface area contributed by atoms with Crippen LogP contribution in [0, 0.1) is 5.41 Å². The molecule has 1 aromatic rings. The zero-order valence-corrected chi connectivity index (χ0v) is 15.8. The van der Waals surface area contributed by atoms with Crippen LogP contribution in [0.3, 0.4) is 0 Å². The smallest absolute Gasteiger partial charge is 0.134 e. The van der Waals surface area contributed by atoms with E-state index in [0.717, 1.165) is 33.5 Å². The molecule has 0 bridgehead atoms. The van der Waals surface area contributed by atoms with Crippen LogP contribution < -0.4 is 10.1 Å². The van der Waals surface area contributed by atoms with Crippen molar-refractivity contribution in [3.63, 3.8) is 0 Å². The van der Waals surface area contributed by atoms with E-state index < -0.39 is 0 Å². The molecule has 0 spiro atoms. The quantitative estimate of drug-likeness (QED) is 0.602. The Kier molecular flexibility index (Phi) is 6.95. The molecule has 2 nitrogen and oxygen atoms in total. The first-order chi connectivity index (χ1) is 10.3. The van der Waals surface area contributed by atoms with Crippen LogP contribution in [-0.4, -0.2) is 0 Å². The Labute approximate surface area is 143 Å². The maximum absolute atomic E-state index is 6.25. The van der Waals surface area contributed by atoms with E-state index in [1.165, 1.54) is 0 Å². The Bertz CT molecular complexity index is 580. The highest BCUT2D eigenvalue weighted by atomic mass is 79.9. The van der Waals surface area contributed by atoms with Crippen molar-refractivity contribution in [1.82, 2.24) is 5.32 Å². The first-order valence-electron chi connectivity index (χ1n) is 7.51. The minimum absolute atomic E-state index is 0.0304. The van der Waals surface area contributed by atoms with Crippen molar-refractivity contribution in [3.8, 4) is 5.75 Å². The molecule has 0 saturated carbocycles. The predicted octanol–water partition coefficient (Wildman–Crippen LogP) is 6.26. The lowest BCUT2D eigenvalue weighted by molar-refractivity contribution is 0.291. The molecule has 0 aliphatic carbocycles. The summed E-state index contributed by atoms with van der Waals surface area (Å²) >= 11 is 3.53. The molecule has 0 heterocycles. The van der Waals surface area contributed by atoms with Gasteiger partial charge >= 0.3 is 0 Å². The lowest BCUT2D eigenvalue weighted by Gasteiger charge is -2.24. The highest BCUT2D eigenvalue weighted by molar-refractivity contribution is 9.10. The van der Waals surface area contributed by atoms with Crippen LogP contribution in [0.5, 0.6) is 5.75 Å². The second kappa shape index (κ2) is 8.23. The van der Waals surface area contributed by atoms with Crippen LogP contribution in [0.15, 0.2) is 53.5 Å². The van der Waals surface area contributed by atoms with E-state index in [-0.39, 0.29) is 5.41 Å². The third-order valence-corrected chi connectivity index (χ3v) is 3.63. The molecular formula is C19H26BrNO. The summed E-state index contributed by atoms with van der Waals surface area (Å²) in [4.78, 5) is 0. The Morgan fingerprint density at radius 1 is 1.36 bits per heavy atom. The number of allylic oxidation sites excluding steroid dienone is 3. The Balaban J connectivity index is 3.24. The predicted molar refractivity (Wildman–Crippen MR) is 99.6 cm³/mol. The number of benzene rings is 1. The number of hydrogen-bond acceptors (Lipinski definition) is 2. The molecule has 1 N–H and O–H groups in total. The van der Waals surface area contributed by atoms with Crippen molar-refractivity contribution in [1.29, 1.82) is 0 Å². The molecule has 0 amide bonds. The average molecular weight is 364 g/mol. The fraction of sp³-hybridized carbons (Fsp3) is 0.368. The summed E-state index contributed by atoms with van der Waals surface area (Å²) in [6, 6.07) is 6.07. The van der Waals surface area contributed by atoms with Crippen molar-refractivity contribution in [2.24, 2.45) is 5.41 Å². The van der Waals surface area contributed by atoms with E-state index in [2.05, 4.69) is 67.7 Å². The summed E-state index contributed by atoms with van der Waals surface area (Å²) in [6.45, 7) is 14.3. The summed E-state index contributed by atoms with van der Waals surface area (Å²) in [6.07, 6.45) is 6.67. The van der Waals surface area contributed by atoms with E-state index in [0.29, 0.717) is 0 Å². The van der Waals surface area contributed by atoms with Gasteiger partial charge in [0.15, 0.2) is 0 Å². The molecule has 0 radical (unpaired) electrons. The molecule has 0 saturated heterocycles. The molecule has 3 heteroatoms. The highest BCUT2D eigenvalue weighted by Gasteiger charge is 2.20. The monoisotopic (exact) mass is 363 g/mol. The van der Waals surface area contributed by atoms with Crippen LogP contribution in [-0.2, 0) is 0 Å². The van der Waals surface area contributed by atoms with Gasteiger partial charge in [0.25, 0.3) is 0 Å². The van der Waals surface area contributed by atoms with E-state index in [4.69, 9.17) is 4.74 Å². The molecule has 0 aromatic heterocycles. The van der Waals surface area contributed by atoms with E-state index >= 15 is 0 Å². The number of rotatable bonds is 6. The molecule has 120 valence electrons. The maximum atomic E-state index is 6.25. The van der Waals surface area contributed by atoms with Crippen molar-refractivity contribution >= 4 is 21.5 Å². The first-order valence-corrected chi connectivity index (χ1v) is 8.31. The molecule has 22 heavy (non-hydrogen) atoms. The zero-order chi connectivity index (χ0) is 16.8. The largest absolute Gasteiger partial charge is 0.461 e. The molecule has 1 aromatic carbocycles. The van der Waals surface area contributed by atoms with Gasteiger partial charge in [-0.15, -0.1) is 0 Å². The normalized spacial score (nSPS) is 13.0. The zero-order valence-electron chi connectivity index (χ0n) is 14.2. The minimum atomic E-state index is -0.0304. The third-order valence-electron chi connectivity index (χ3n) is 3.13. The van der Waals surface area contributed by atoms with Crippen molar-refractivity contribution in [3.05, 3.63) is 59.0 Å². The highest BCUT2D eigenvalue weighted by Crippen LogP contribution is 2.34. The SMILES string of the molecule is C=CN/C=C(\C)c1cc(Br)ccc1O/C(=C\CC)C(C)(C)C. The van der Waals surface area contributed by atoms with Gasteiger partial charge in [-0.1, -0.05) is 50.2 Å². The summed E-state index contributed by atoms with van der Waals surface area (Å²) in [7, 11) is 0. The average Bonchev–Trinajstić information content (AvgIpc) is 2.44. The van der Waals surface area contributed by atoms with Gasteiger partial charge in [0, 0.05) is 21.7 Å². The van der Waals surface area contributed by atoms with Crippen LogP contribution in [0.4, 0.5) is 0 Å². The van der Waals surface area contributed by atoms with E-state index in [1.54, 1.807) is 6.20 Å². The fourth-order valence-electron chi connectivity index (χ4n) is 1.97. The summed E-state index contributed by atoms with van der Waals surface area (Å²) in [5.74, 6) is 1.85. The molecule has 0 aliphatic rings. The molecule has 0 aliphatic heterocycles. The van der Waals surface area contributed by atoms with Gasteiger partial charge in [-0.3, -0.25) is 0 Å².